The molecule has 1 aliphatic rings. The molecule has 0 spiro atoms. The number of amides is 6. The van der Waals surface area contributed by atoms with Crippen LogP contribution in [0, 0.1) is 20.8 Å². The standard InChI is InChI=1S/C66H72N8O12/c1-43-34-54(75)61(84-40-46-18-10-7-11-19-46)51(71(43)4)37-67-57(78)26-30-66(70-60(81)29-33-74-64(82)49-24-16-17-25-50(49)65(74)83,31-27-58(79)68-38-52-62(55(76)35-44(2)72(52)5)85-41-47-20-12-8-13-21-47)32-28-59(80)69-39-53-63(56(77)36-45(3)73(53)6)86-42-48-22-14-9-15-23-48/h7-25,34-36H,26-33,37-42H2,1-6H3,(H,67,78)(H,68,79)(H,69,80)(H,70,81). The van der Waals surface area contributed by atoms with Crippen LogP contribution in [0.25, 0.3) is 0 Å². The molecule has 20 heteroatoms. The first kappa shape index (κ1) is 62.2. The molecule has 0 saturated carbocycles. The van der Waals surface area contributed by atoms with Crippen molar-refractivity contribution in [2.75, 3.05) is 6.54 Å². The van der Waals surface area contributed by atoms with Crippen molar-refractivity contribution in [2.24, 2.45) is 21.1 Å². The molecule has 20 nitrogen and oxygen atoms in total. The molecule has 3 aromatic heterocycles. The zero-order valence-corrected chi connectivity index (χ0v) is 49.3. The Bertz CT molecular complexity index is 3470. The zero-order valence-electron chi connectivity index (χ0n) is 49.3. The van der Waals surface area contributed by atoms with E-state index in [9.17, 15) is 43.2 Å². The maximum absolute atomic E-state index is 14.5. The average molecular weight is 1170 g/mol. The fourth-order valence-electron chi connectivity index (χ4n) is 10.3. The Morgan fingerprint density at radius 2 is 0.721 bits per heavy atom. The minimum absolute atomic E-state index is 0.0557. The number of carbonyl (C=O) groups excluding carboxylic acids is 6. The van der Waals surface area contributed by atoms with Crippen molar-refractivity contribution in [3.63, 3.8) is 0 Å². The van der Waals surface area contributed by atoms with Crippen LogP contribution in [0.2, 0.25) is 0 Å². The summed E-state index contributed by atoms with van der Waals surface area (Å²) in [5, 5.41) is 11.8. The SMILES string of the molecule is Cc1cc(=O)c(OCc2ccccc2)c(CNC(=O)CCC(CCC(=O)NCc2c(OCc3ccccc3)c(=O)cc(C)n2C)(CCC(=O)NCc2c(OCc3ccccc3)c(=O)cc(C)n2C)NC(=O)CCN2C(=O)c3ccccc3C2=O)n1C. The molecule has 4 heterocycles. The minimum atomic E-state index is -1.49. The molecular weight excluding hydrogens is 1100 g/mol. The number of aromatic nitrogens is 3. The summed E-state index contributed by atoms with van der Waals surface area (Å²) in [6, 6.07) is 38.6. The van der Waals surface area contributed by atoms with Crippen LogP contribution in [0.3, 0.4) is 0 Å². The van der Waals surface area contributed by atoms with Crippen molar-refractivity contribution in [3.05, 3.63) is 226 Å². The Labute approximate surface area is 498 Å². The van der Waals surface area contributed by atoms with E-state index in [0.717, 1.165) is 21.6 Å². The first-order valence-electron chi connectivity index (χ1n) is 28.5. The van der Waals surface area contributed by atoms with Gasteiger partial charge < -0.3 is 49.2 Å². The van der Waals surface area contributed by atoms with Gasteiger partial charge in [-0.15, -0.1) is 0 Å². The number of benzene rings is 4. The summed E-state index contributed by atoms with van der Waals surface area (Å²) in [7, 11) is 5.25. The van der Waals surface area contributed by atoms with Gasteiger partial charge in [0, 0.05) is 94.2 Å². The minimum Gasteiger partial charge on any atom is -0.483 e. The molecule has 0 aliphatic carbocycles. The summed E-state index contributed by atoms with van der Waals surface area (Å²) in [6.07, 6.45) is -1.54. The summed E-state index contributed by atoms with van der Waals surface area (Å²) in [4.78, 5) is 125. The van der Waals surface area contributed by atoms with Crippen molar-refractivity contribution in [3.8, 4) is 17.2 Å². The first-order chi connectivity index (χ1) is 41.3. The average Bonchev–Trinajstić information content (AvgIpc) is 2.37. The third-order valence-corrected chi connectivity index (χ3v) is 15.7. The molecule has 0 unspecified atom stereocenters. The van der Waals surface area contributed by atoms with E-state index in [4.69, 9.17) is 14.2 Å². The molecule has 4 aromatic carbocycles. The van der Waals surface area contributed by atoms with Gasteiger partial charge in [-0.3, -0.25) is 48.1 Å². The molecule has 0 bridgehead atoms. The van der Waals surface area contributed by atoms with Crippen LogP contribution in [0.4, 0.5) is 0 Å². The number of rotatable bonds is 28. The summed E-state index contributed by atoms with van der Waals surface area (Å²) in [6.45, 7) is 4.87. The van der Waals surface area contributed by atoms with Gasteiger partial charge in [0.15, 0.2) is 17.2 Å². The lowest BCUT2D eigenvalue weighted by atomic mass is 9.83. The van der Waals surface area contributed by atoms with Crippen LogP contribution in [-0.2, 0) is 79.8 Å². The molecule has 8 rings (SSSR count). The predicted octanol–water partition coefficient (Wildman–Crippen LogP) is 6.58. The Morgan fingerprint density at radius 3 is 1.03 bits per heavy atom. The molecule has 0 radical (unpaired) electrons. The molecule has 0 fully saturated rings. The molecule has 448 valence electrons. The second-order valence-electron chi connectivity index (χ2n) is 21.5. The van der Waals surface area contributed by atoms with Gasteiger partial charge >= 0.3 is 0 Å². The Hall–Kier alpha value is -9.85. The highest BCUT2D eigenvalue weighted by molar-refractivity contribution is 6.21. The number of hydrogen-bond acceptors (Lipinski definition) is 12. The van der Waals surface area contributed by atoms with E-state index in [0.29, 0.717) is 34.2 Å². The first-order valence-corrected chi connectivity index (χ1v) is 28.5. The molecule has 0 atom stereocenters. The van der Waals surface area contributed by atoms with Crippen molar-refractivity contribution in [2.45, 2.75) is 111 Å². The van der Waals surface area contributed by atoms with Crippen molar-refractivity contribution < 1.29 is 43.0 Å². The molecule has 6 amide bonds. The third-order valence-electron chi connectivity index (χ3n) is 15.7. The number of nitrogens with zero attached hydrogens (tertiary/aromatic N) is 4. The maximum Gasteiger partial charge on any atom is 0.261 e. The van der Waals surface area contributed by atoms with Gasteiger partial charge in [0.25, 0.3) is 11.8 Å². The van der Waals surface area contributed by atoms with E-state index in [2.05, 4.69) is 21.3 Å². The third kappa shape index (κ3) is 15.7. The lowest BCUT2D eigenvalue weighted by molar-refractivity contribution is -0.127. The second kappa shape index (κ2) is 28.6. The molecule has 4 N–H and O–H groups in total. The van der Waals surface area contributed by atoms with Crippen LogP contribution < -0.4 is 51.8 Å². The topological polar surface area (TPSA) is 247 Å². The number of ether oxygens (including phenoxy) is 3. The molecule has 7 aromatic rings. The van der Waals surface area contributed by atoms with Gasteiger partial charge in [0.1, 0.15) is 19.8 Å². The lowest BCUT2D eigenvalue weighted by Gasteiger charge is -2.35. The van der Waals surface area contributed by atoms with Crippen molar-refractivity contribution in [1.29, 1.82) is 0 Å². The molecule has 1 aliphatic heterocycles. The van der Waals surface area contributed by atoms with E-state index >= 15 is 0 Å². The van der Waals surface area contributed by atoms with E-state index < -0.39 is 41.0 Å². The van der Waals surface area contributed by atoms with E-state index in [1.54, 1.807) is 67.7 Å². The van der Waals surface area contributed by atoms with E-state index in [-0.39, 0.29) is 136 Å². The van der Waals surface area contributed by atoms with Gasteiger partial charge in [-0.05, 0) is 68.9 Å². The number of hydrogen-bond donors (Lipinski definition) is 4. The summed E-state index contributed by atoms with van der Waals surface area (Å²) < 4.78 is 23.5. The number of pyridine rings is 3. The van der Waals surface area contributed by atoms with Gasteiger partial charge in [0.2, 0.25) is 39.9 Å². The largest absolute Gasteiger partial charge is 0.483 e. The van der Waals surface area contributed by atoms with Crippen molar-refractivity contribution in [1.82, 2.24) is 39.9 Å². The molecular formula is C66H72N8O12. The van der Waals surface area contributed by atoms with Crippen LogP contribution in [-0.4, -0.2) is 66.1 Å². The van der Waals surface area contributed by atoms with E-state index in [1.807, 2.05) is 91.0 Å². The van der Waals surface area contributed by atoms with Crippen molar-refractivity contribution >= 4 is 35.4 Å². The van der Waals surface area contributed by atoms with Crippen LogP contribution in [0.5, 0.6) is 17.2 Å². The molecule has 0 saturated heterocycles. The highest BCUT2D eigenvalue weighted by atomic mass is 16.5. The molecule has 86 heavy (non-hydrogen) atoms. The Morgan fingerprint density at radius 1 is 0.419 bits per heavy atom. The normalized spacial score (nSPS) is 11.9. The predicted molar refractivity (Wildman–Crippen MR) is 322 cm³/mol. The number of carbonyl (C=O) groups is 6. The quantitative estimate of drug-likeness (QED) is 0.0380. The Kier molecular flexibility index (Phi) is 20.7. The summed E-state index contributed by atoms with van der Waals surface area (Å²) in [5.41, 5.74) is 3.33. The fourth-order valence-corrected chi connectivity index (χ4v) is 10.3. The number of fused-ring (bicyclic) bond motifs is 1. The number of imide groups is 1. The second-order valence-corrected chi connectivity index (χ2v) is 21.5. The van der Waals surface area contributed by atoms with Gasteiger partial charge in [-0.1, -0.05) is 103 Å². The van der Waals surface area contributed by atoms with Gasteiger partial charge in [-0.25, -0.2) is 0 Å². The monoisotopic (exact) mass is 1170 g/mol. The zero-order chi connectivity index (χ0) is 61.5. The van der Waals surface area contributed by atoms with E-state index in [1.165, 1.54) is 30.3 Å². The lowest BCUT2D eigenvalue weighted by Crippen LogP contribution is -2.51. The van der Waals surface area contributed by atoms with Crippen LogP contribution >= 0.6 is 0 Å². The van der Waals surface area contributed by atoms with Gasteiger partial charge in [0.05, 0.1) is 47.8 Å². The summed E-state index contributed by atoms with van der Waals surface area (Å²) >= 11 is 0. The highest BCUT2D eigenvalue weighted by Gasteiger charge is 2.37. The van der Waals surface area contributed by atoms with Gasteiger partial charge in [-0.2, -0.15) is 0 Å². The maximum atomic E-state index is 14.5. The van der Waals surface area contributed by atoms with Crippen LogP contribution in [0.1, 0.15) is 117 Å². The van der Waals surface area contributed by atoms with Crippen LogP contribution in [0.15, 0.2) is 148 Å². The smallest absolute Gasteiger partial charge is 0.261 e. The fraction of sp³-hybridized carbons (Fsp3) is 0.318. The Balaban J connectivity index is 1.06. The summed E-state index contributed by atoms with van der Waals surface area (Å²) in [5.74, 6) is -3.10. The number of nitrogens with one attached hydrogen (secondary N) is 4. The highest BCUT2D eigenvalue weighted by Crippen LogP contribution is 2.29. The number of aryl methyl sites for hydroxylation is 3.